The number of nitrogens with one attached hydrogen (secondary N) is 2. The zero-order valence-electron chi connectivity index (χ0n) is 11.0. The van der Waals surface area contributed by atoms with Crippen LogP contribution in [0.2, 0.25) is 0 Å². The Morgan fingerprint density at radius 2 is 2.24 bits per heavy atom. The Morgan fingerprint density at radius 1 is 1.53 bits per heavy atom. The van der Waals surface area contributed by atoms with Crippen molar-refractivity contribution in [2.24, 2.45) is 0 Å². The molecule has 0 spiro atoms. The lowest BCUT2D eigenvalue weighted by molar-refractivity contribution is -0.134. The second-order valence-corrected chi connectivity index (χ2v) is 5.65. The summed E-state index contributed by atoms with van der Waals surface area (Å²) in [6.07, 6.45) is 3.92. The summed E-state index contributed by atoms with van der Waals surface area (Å²) < 4.78 is 5.59. The molecule has 5 heteroatoms. The topological polar surface area (TPSA) is 50.4 Å². The van der Waals surface area contributed by atoms with E-state index in [1.165, 1.54) is 0 Å². The average molecular weight is 260 g/mol. The van der Waals surface area contributed by atoms with Gasteiger partial charge in [0.25, 0.3) is 5.91 Å². The molecular formula is C12H24N2O2S. The molecule has 2 N–H and O–H groups in total. The molecule has 0 aromatic carbocycles. The SMILES string of the molecule is CCC(CC)(CNC(=O)C1CNCCO1)SC. The van der Waals surface area contributed by atoms with Crippen molar-refractivity contribution in [1.29, 1.82) is 0 Å². The van der Waals surface area contributed by atoms with Crippen LogP contribution >= 0.6 is 11.8 Å². The van der Waals surface area contributed by atoms with Crippen LogP contribution in [0.25, 0.3) is 0 Å². The Bertz CT molecular complexity index is 230. The van der Waals surface area contributed by atoms with Gasteiger partial charge in [-0.25, -0.2) is 0 Å². The van der Waals surface area contributed by atoms with Gasteiger partial charge in [-0.15, -0.1) is 0 Å². The highest BCUT2D eigenvalue weighted by Gasteiger charge is 2.28. The largest absolute Gasteiger partial charge is 0.366 e. The molecule has 17 heavy (non-hydrogen) atoms. The molecule has 1 rings (SSSR count). The van der Waals surface area contributed by atoms with E-state index in [0.29, 0.717) is 13.2 Å². The van der Waals surface area contributed by atoms with E-state index in [1.54, 1.807) is 0 Å². The number of hydrogen-bond acceptors (Lipinski definition) is 4. The van der Waals surface area contributed by atoms with Gasteiger partial charge in [0.15, 0.2) is 0 Å². The van der Waals surface area contributed by atoms with Crippen LogP contribution in [0.15, 0.2) is 0 Å². The van der Waals surface area contributed by atoms with Gasteiger partial charge in [-0.05, 0) is 19.1 Å². The van der Waals surface area contributed by atoms with Gasteiger partial charge in [0.05, 0.1) is 6.61 Å². The lowest BCUT2D eigenvalue weighted by Gasteiger charge is -2.31. The van der Waals surface area contributed by atoms with E-state index in [2.05, 4.69) is 30.7 Å². The summed E-state index contributed by atoms with van der Waals surface area (Å²) in [5.41, 5.74) is 0. The van der Waals surface area contributed by atoms with Crippen LogP contribution in [0.1, 0.15) is 26.7 Å². The molecule has 0 bridgehead atoms. The van der Waals surface area contributed by atoms with Crippen molar-refractivity contribution in [2.45, 2.75) is 37.5 Å². The van der Waals surface area contributed by atoms with E-state index in [9.17, 15) is 4.79 Å². The number of thioether (sulfide) groups is 1. The van der Waals surface area contributed by atoms with Crippen LogP contribution < -0.4 is 10.6 Å². The van der Waals surface area contributed by atoms with Crippen molar-refractivity contribution >= 4 is 17.7 Å². The summed E-state index contributed by atoms with van der Waals surface area (Å²) in [5, 5.41) is 6.19. The zero-order valence-corrected chi connectivity index (χ0v) is 11.9. The highest BCUT2D eigenvalue weighted by molar-refractivity contribution is 8.00. The lowest BCUT2D eigenvalue weighted by Crippen LogP contribution is -2.50. The molecule has 0 saturated carbocycles. The van der Waals surface area contributed by atoms with Crippen molar-refractivity contribution in [3.8, 4) is 0 Å². The minimum atomic E-state index is -0.322. The smallest absolute Gasteiger partial charge is 0.250 e. The van der Waals surface area contributed by atoms with Gasteiger partial charge in [-0.1, -0.05) is 13.8 Å². The molecule has 100 valence electrons. The summed E-state index contributed by atoms with van der Waals surface area (Å²) in [7, 11) is 0. The maximum absolute atomic E-state index is 11.9. The quantitative estimate of drug-likeness (QED) is 0.748. The molecule has 1 aliphatic heterocycles. The third-order valence-electron chi connectivity index (χ3n) is 3.53. The molecule has 0 aliphatic carbocycles. The summed E-state index contributed by atoms with van der Waals surface area (Å²) in [6.45, 7) is 7.14. The Balaban J connectivity index is 2.40. The predicted octanol–water partition coefficient (Wildman–Crippen LogP) is 1.01. The summed E-state index contributed by atoms with van der Waals surface area (Å²) in [6, 6.07) is 0. The maximum Gasteiger partial charge on any atom is 0.250 e. The van der Waals surface area contributed by atoms with Gasteiger partial charge in [-0.2, -0.15) is 11.8 Å². The first kappa shape index (κ1) is 14.8. The molecule has 0 aromatic heterocycles. The molecule has 1 atom stereocenters. The van der Waals surface area contributed by atoms with Crippen molar-refractivity contribution in [2.75, 3.05) is 32.5 Å². The van der Waals surface area contributed by atoms with Crippen LogP contribution in [0.4, 0.5) is 0 Å². The first-order valence-electron chi connectivity index (χ1n) is 6.32. The zero-order chi connectivity index (χ0) is 12.7. The lowest BCUT2D eigenvalue weighted by atomic mass is 10.0. The van der Waals surface area contributed by atoms with Gasteiger partial charge in [0.2, 0.25) is 0 Å². The number of morpholine rings is 1. The summed E-state index contributed by atoms with van der Waals surface area (Å²) in [5.74, 6) is 0.0116. The minimum absolute atomic E-state index is 0.0116. The molecule has 1 amide bonds. The second kappa shape index (κ2) is 7.24. The van der Waals surface area contributed by atoms with E-state index >= 15 is 0 Å². The molecule has 1 aliphatic rings. The molecule has 1 fully saturated rings. The summed E-state index contributed by atoms with van der Waals surface area (Å²) in [4.78, 5) is 11.9. The van der Waals surface area contributed by atoms with Gasteiger partial charge >= 0.3 is 0 Å². The normalized spacial score (nSPS) is 21.2. The van der Waals surface area contributed by atoms with E-state index < -0.39 is 0 Å². The molecule has 1 unspecified atom stereocenters. The van der Waals surface area contributed by atoms with Crippen molar-refractivity contribution in [3.63, 3.8) is 0 Å². The average Bonchev–Trinajstić information content (AvgIpc) is 2.41. The third kappa shape index (κ3) is 4.16. The van der Waals surface area contributed by atoms with Crippen molar-refractivity contribution < 1.29 is 9.53 Å². The molecular weight excluding hydrogens is 236 g/mol. The van der Waals surface area contributed by atoms with Gasteiger partial charge in [0.1, 0.15) is 6.10 Å². The monoisotopic (exact) mass is 260 g/mol. The fourth-order valence-corrected chi connectivity index (χ4v) is 2.75. The Morgan fingerprint density at radius 3 is 2.71 bits per heavy atom. The molecule has 1 saturated heterocycles. The highest BCUT2D eigenvalue weighted by atomic mass is 32.2. The van der Waals surface area contributed by atoms with E-state index in [-0.39, 0.29) is 16.8 Å². The van der Waals surface area contributed by atoms with Crippen molar-refractivity contribution in [3.05, 3.63) is 0 Å². The van der Waals surface area contributed by atoms with Crippen LogP contribution in [0.5, 0.6) is 0 Å². The van der Waals surface area contributed by atoms with Gasteiger partial charge in [0, 0.05) is 24.4 Å². The Labute approximate surface area is 108 Å². The number of ether oxygens (including phenoxy) is 1. The number of carbonyl (C=O) groups is 1. The van der Waals surface area contributed by atoms with E-state index in [0.717, 1.165) is 25.9 Å². The number of carbonyl (C=O) groups excluding carboxylic acids is 1. The van der Waals surface area contributed by atoms with E-state index in [1.807, 2.05) is 11.8 Å². The van der Waals surface area contributed by atoms with Crippen LogP contribution in [-0.2, 0) is 9.53 Å². The molecule has 4 nitrogen and oxygen atoms in total. The fraction of sp³-hybridized carbons (Fsp3) is 0.917. The fourth-order valence-electron chi connectivity index (χ4n) is 1.96. The second-order valence-electron chi connectivity index (χ2n) is 4.38. The standard InChI is InChI=1S/C12H24N2O2S/c1-4-12(5-2,17-3)9-14-11(15)10-8-13-6-7-16-10/h10,13H,4-9H2,1-3H3,(H,14,15). The number of rotatable bonds is 6. The first-order valence-corrected chi connectivity index (χ1v) is 7.55. The van der Waals surface area contributed by atoms with Gasteiger partial charge in [-0.3, -0.25) is 4.79 Å². The predicted molar refractivity (Wildman–Crippen MR) is 72.4 cm³/mol. The Kier molecular flexibility index (Phi) is 6.30. The maximum atomic E-state index is 11.9. The van der Waals surface area contributed by atoms with Crippen LogP contribution in [0.3, 0.4) is 0 Å². The van der Waals surface area contributed by atoms with Crippen molar-refractivity contribution in [1.82, 2.24) is 10.6 Å². The first-order chi connectivity index (χ1) is 8.17. The third-order valence-corrected chi connectivity index (χ3v) is 5.11. The molecule has 0 aromatic rings. The highest BCUT2D eigenvalue weighted by Crippen LogP contribution is 2.29. The summed E-state index contributed by atoms with van der Waals surface area (Å²) >= 11 is 1.83. The number of amides is 1. The number of hydrogen-bond donors (Lipinski definition) is 2. The molecule has 0 radical (unpaired) electrons. The van der Waals surface area contributed by atoms with E-state index in [4.69, 9.17) is 4.74 Å². The Hall–Kier alpha value is -0.260. The van der Waals surface area contributed by atoms with Gasteiger partial charge < -0.3 is 15.4 Å². The minimum Gasteiger partial charge on any atom is -0.366 e. The molecule has 1 heterocycles. The van der Waals surface area contributed by atoms with Crippen LogP contribution in [0, 0.1) is 0 Å². The van der Waals surface area contributed by atoms with Crippen LogP contribution in [-0.4, -0.2) is 49.3 Å².